The average molecular weight is 299 g/mol. The molecule has 2 rings (SSSR count). The number of nitrogens with one attached hydrogen (secondary N) is 1. The highest BCUT2D eigenvalue weighted by atomic mass is 19.4. The molecule has 1 aromatic rings. The summed E-state index contributed by atoms with van der Waals surface area (Å²) >= 11 is 0. The van der Waals surface area contributed by atoms with Crippen molar-refractivity contribution in [2.75, 3.05) is 6.54 Å². The quantitative estimate of drug-likeness (QED) is 0.749. The molecule has 0 radical (unpaired) electrons. The van der Waals surface area contributed by atoms with Crippen molar-refractivity contribution in [3.8, 4) is 0 Å². The van der Waals surface area contributed by atoms with Gasteiger partial charge >= 0.3 is 6.18 Å². The van der Waals surface area contributed by atoms with Gasteiger partial charge < -0.3 is 5.32 Å². The van der Waals surface area contributed by atoms with Gasteiger partial charge in [-0.25, -0.2) is 0 Å². The van der Waals surface area contributed by atoms with Gasteiger partial charge in [0.25, 0.3) is 0 Å². The molecular weight excluding hydrogens is 275 g/mol. The first kappa shape index (κ1) is 16.3. The van der Waals surface area contributed by atoms with E-state index in [0.29, 0.717) is 5.92 Å². The Kier molecular flexibility index (Phi) is 5.68. The van der Waals surface area contributed by atoms with Crippen LogP contribution in [0.5, 0.6) is 0 Å². The molecule has 21 heavy (non-hydrogen) atoms. The van der Waals surface area contributed by atoms with E-state index in [0.717, 1.165) is 31.0 Å². The van der Waals surface area contributed by atoms with Gasteiger partial charge in [0, 0.05) is 6.04 Å². The molecule has 1 aromatic carbocycles. The zero-order valence-electron chi connectivity index (χ0n) is 12.5. The lowest BCUT2D eigenvalue weighted by molar-refractivity contribution is -0.137. The Hall–Kier alpha value is -1.03. The molecule has 0 heterocycles. The van der Waals surface area contributed by atoms with Crippen molar-refractivity contribution in [2.24, 2.45) is 5.92 Å². The third-order valence-corrected chi connectivity index (χ3v) is 4.30. The molecule has 1 aliphatic rings. The molecule has 118 valence electrons. The summed E-state index contributed by atoms with van der Waals surface area (Å²) in [5.41, 5.74) is 0.222. The Morgan fingerprint density at radius 3 is 2.57 bits per heavy atom. The lowest BCUT2D eigenvalue weighted by Crippen LogP contribution is -2.24. The predicted octanol–water partition coefficient (Wildman–Crippen LogP) is 5.33. The fourth-order valence-electron chi connectivity index (χ4n) is 3.17. The molecule has 0 bridgehead atoms. The van der Waals surface area contributed by atoms with Crippen LogP contribution in [-0.2, 0) is 6.18 Å². The molecule has 1 nitrogen and oxygen atoms in total. The summed E-state index contributed by atoms with van der Waals surface area (Å²) in [5, 5.41) is 3.42. The van der Waals surface area contributed by atoms with Gasteiger partial charge in [0.2, 0.25) is 0 Å². The molecular formula is C17H24F3N. The van der Waals surface area contributed by atoms with Gasteiger partial charge in [-0.05, 0) is 43.0 Å². The Bertz CT molecular complexity index is 436. The minimum Gasteiger partial charge on any atom is -0.310 e. The summed E-state index contributed by atoms with van der Waals surface area (Å²) in [4.78, 5) is 0. The molecule has 4 heteroatoms. The summed E-state index contributed by atoms with van der Waals surface area (Å²) in [6, 6.07) is 5.83. The van der Waals surface area contributed by atoms with Gasteiger partial charge in [-0.1, -0.05) is 44.7 Å². The largest absolute Gasteiger partial charge is 0.416 e. The van der Waals surface area contributed by atoms with Crippen LogP contribution in [0, 0.1) is 5.92 Å². The van der Waals surface area contributed by atoms with Crippen LogP contribution in [0.25, 0.3) is 0 Å². The SMILES string of the molecule is CCCNC(CC1CCCC1)c1cccc(C(F)(F)F)c1. The van der Waals surface area contributed by atoms with Crippen LogP contribution in [0.3, 0.4) is 0 Å². The molecule has 0 spiro atoms. The van der Waals surface area contributed by atoms with Crippen LogP contribution >= 0.6 is 0 Å². The standard InChI is InChI=1S/C17H24F3N/c1-2-10-21-16(11-13-6-3-4-7-13)14-8-5-9-15(12-14)17(18,19)20/h5,8-9,12-13,16,21H,2-4,6-7,10-11H2,1H3. The van der Waals surface area contributed by atoms with Crippen molar-refractivity contribution in [3.63, 3.8) is 0 Å². The summed E-state index contributed by atoms with van der Waals surface area (Å²) in [6.45, 7) is 2.92. The average Bonchev–Trinajstić information content (AvgIpc) is 2.95. The highest BCUT2D eigenvalue weighted by molar-refractivity contribution is 5.28. The smallest absolute Gasteiger partial charge is 0.310 e. The maximum Gasteiger partial charge on any atom is 0.416 e. The molecule has 0 aliphatic heterocycles. The first-order chi connectivity index (χ1) is 10.0. The number of halogens is 3. The molecule has 1 unspecified atom stereocenters. The second-order valence-electron chi connectivity index (χ2n) is 6.02. The van der Waals surface area contributed by atoms with Gasteiger partial charge in [-0.2, -0.15) is 13.2 Å². The summed E-state index contributed by atoms with van der Waals surface area (Å²) in [6.07, 6.45) is 2.61. The van der Waals surface area contributed by atoms with E-state index in [1.54, 1.807) is 0 Å². The van der Waals surface area contributed by atoms with Crippen molar-refractivity contribution in [1.82, 2.24) is 5.32 Å². The number of hydrogen-bond donors (Lipinski definition) is 1. The Morgan fingerprint density at radius 2 is 1.95 bits per heavy atom. The molecule has 0 aromatic heterocycles. The van der Waals surface area contributed by atoms with E-state index >= 15 is 0 Å². The van der Waals surface area contributed by atoms with Gasteiger partial charge in [-0.3, -0.25) is 0 Å². The normalized spacial score (nSPS) is 18.1. The summed E-state index contributed by atoms with van der Waals surface area (Å²) in [7, 11) is 0. The topological polar surface area (TPSA) is 12.0 Å². The fourth-order valence-corrected chi connectivity index (χ4v) is 3.17. The Morgan fingerprint density at radius 1 is 1.24 bits per heavy atom. The van der Waals surface area contributed by atoms with E-state index in [4.69, 9.17) is 0 Å². The van der Waals surface area contributed by atoms with Gasteiger partial charge in [-0.15, -0.1) is 0 Å². The van der Waals surface area contributed by atoms with Crippen LogP contribution < -0.4 is 5.32 Å². The van der Waals surface area contributed by atoms with Crippen molar-refractivity contribution >= 4 is 0 Å². The molecule has 0 amide bonds. The van der Waals surface area contributed by atoms with Gasteiger partial charge in [0.05, 0.1) is 5.56 Å². The van der Waals surface area contributed by atoms with E-state index in [1.807, 2.05) is 6.07 Å². The minimum absolute atomic E-state index is 0.0374. The van der Waals surface area contributed by atoms with Crippen molar-refractivity contribution in [2.45, 2.75) is 57.7 Å². The fraction of sp³-hybridized carbons (Fsp3) is 0.647. The number of hydrogen-bond acceptors (Lipinski definition) is 1. The third kappa shape index (κ3) is 4.73. The minimum atomic E-state index is -4.27. The van der Waals surface area contributed by atoms with Crippen LogP contribution in [0.2, 0.25) is 0 Å². The molecule has 1 N–H and O–H groups in total. The Labute approximate surface area is 124 Å². The zero-order chi connectivity index (χ0) is 15.3. The van der Waals surface area contributed by atoms with E-state index in [9.17, 15) is 13.2 Å². The monoisotopic (exact) mass is 299 g/mol. The summed E-state index contributed by atoms with van der Waals surface area (Å²) < 4.78 is 38.6. The van der Waals surface area contributed by atoms with E-state index in [2.05, 4.69) is 12.2 Å². The lowest BCUT2D eigenvalue weighted by Gasteiger charge is -2.23. The second kappa shape index (κ2) is 7.30. The number of rotatable bonds is 6. The van der Waals surface area contributed by atoms with Crippen LogP contribution in [0.15, 0.2) is 24.3 Å². The molecule has 1 fully saturated rings. The van der Waals surface area contributed by atoms with Crippen LogP contribution in [0.4, 0.5) is 13.2 Å². The van der Waals surface area contributed by atoms with Crippen molar-refractivity contribution in [3.05, 3.63) is 35.4 Å². The number of alkyl halides is 3. The van der Waals surface area contributed by atoms with Gasteiger partial charge in [0.1, 0.15) is 0 Å². The van der Waals surface area contributed by atoms with Crippen molar-refractivity contribution in [1.29, 1.82) is 0 Å². The van der Waals surface area contributed by atoms with E-state index in [-0.39, 0.29) is 6.04 Å². The molecule has 1 aliphatic carbocycles. The van der Waals surface area contributed by atoms with Crippen molar-refractivity contribution < 1.29 is 13.2 Å². The molecule has 0 saturated heterocycles. The first-order valence-electron chi connectivity index (χ1n) is 7.91. The highest BCUT2D eigenvalue weighted by Crippen LogP contribution is 2.35. The maximum atomic E-state index is 12.9. The van der Waals surface area contributed by atoms with Gasteiger partial charge in [0.15, 0.2) is 0 Å². The van der Waals surface area contributed by atoms with Crippen LogP contribution in [-0.4, -0.2) is 6.54 Å². The second-order valence-corrected chi connectivity index (χ2v) is 6.02. The highest BCUT2D eigenvalue weighted by Gasteiger charge is 2.31. The van der Waals surface area contributed by atoms with E-state index < -0.39 is 11.7 Å². The number of benzene rings is 1. The van der Waals surface area contributed by atoms with Crippen LogP contribution in [0.1, 0.15) is 62.6 Å². The maximum absolute atomic E-state index is 12.9. The van der Waals surface area contributed by atoms with E-state index in [1.165, 1.54) is 37.8 Å². The zero-order valence-corrected chi connectivity index (χ0v) is 12.5. The molecule has 1 atom stereocenters. The lowest BCUT2D eigenvalue weighted by atomic mass is 9.92. The third-order valence-electron chi connectivity index (χ3n) is 4.30. The Balaban J connectivity index is 2.14. The predicted molar refractivity (Wildman–Crippen MR) is 79.1 cm³/mol. The molecule has 1 saturated carbocycles. The summed E-state index contributed by atoms with van der Waals surface area (Å²) in [5.74, 6) is 0.647. The first-order valence-corrected chi connectivity index (χ1v) is 7.91.